The quantitative estimate of drug-likeness (QED) is 0.599. The number of aromatic nitrogens is 3. The van der Waals surface area contributed by atoms with Crippen molar-refractivity contribution in [3.8, 4) is 0 Å². The Balaban J connectivity index is 2.26. The third-order valence-electron chi connectivity index (χ3n) is 3.01. The Morgan fingerprint density at radius 2 is 2.22 bits per heavy atom. The van der Waals surface area contributed by atoms with Gasteiger partial charge in [-0.3, -0.25) is 0 Å². The number of fused-ring (bicyclic) bond motifs is 1. The Hall–Kier alpha value is -0.740. The van der Waals surface area contributed by atoms with Crippen LogP contribution in [0.5, 0.6) is 0 Å². The van der Waals surface area contributed by atoms with Gasteiger partial charge in [-0.15, -0.1) is 11.6 Å². The number of hydrogen-bond donors (Lipinski definition) is 0. The average Bonchev–Trinajstić information content (AvgIpc) is 2.74. The molecule has 0 N–H and O–H groups in total. The van der Waals surface area contributed by atoms with Gasteiger partial charge in [-0.25, -0.2) is 9.97 Å². The monoisotopic (exact) mass is 283 g/mol. The van der Waals surface area contributed by atoms with Gasteiger partial charge in [0.05, 0.1) is 5.88 Å². The van der Waals surface area contributed by atoms with Crippen molar-refractivity contribution in [3.05, 3.63) is 23.7 Å². The maximum Gasteiger partial charge on any atom is 0.160 e. The molecule has 2 aromatic heterocycles. The summed E-state index contributed by atoms with van der Waals surface area (Å²) >= 11 is 7.87. The highest BCUT2D eigenvalue weighted by Gasteiger charge is 2.11. The summed E-state index contributed by atoms with van der Waals surface area (Å²) in [6, 6.07) is 1.99. The number of thioether (sulfide) groups is 1. The van der Waals surface area contributed by atoms with Gasteiger partial charge in [0.2, 0.25) is 0 Å². The second-order valence-electron chi connectivity index (χ2n) is 4.31. The van der Waals surface area contributed by atoms with E-state index in [0.29, 0.717) is 5.88 Å². The Morgan fingerprint density at radius 3 is 2.94 bits per heavy atom. The molecule has 0 aliphatic heterocycles. The summed E-state index contributed by atoms with van der Waals surface area (Å²) in [6.07, 6.45) is 6.34. The fraction of sp³-hybridized carbons (Fsp3) is 0.538. The molecule has 2 heterocycles. The van der Waals surface area contributed by atoms with Gasteiger partial charge in [0.1, 0.15) is 11.3 Å². The van der Waals surface area contributed by atoms with Crippen LogP contribution in [0.2, 0.25) is 0 Å². The number of imidazole rings is 1. The highest BCUT2D eigenvalue weighted by Crippen LogP contribution is 2.19. The predicted molar refractivity (Wildman–Crippen MR) is 79.4 cm³/mol. The lowest BCUT2D eigenvalue weighted by Gasteiger charge is -2.06. The van der Waals surface area contributed by atoms with E-state index in [4.69, 9.17) is 11.6 Å². The van der Waals surface area contributed by atoms with E-state index in [-0.39, 0.29) is 0 Å². The summed E-state index contributed by atoms with van der Waals surface area (Å²) in [5, 5.41) is 0. The van der Waals surface area contributed by atoms with Crippen LogP contribution in [0.15, 0.2) is 12.3 Å². The van der Waals surface area contributed by atoms with Crippen molar-refractivity contribution in [2.75, 3.05) is 12.0 Å². The number of alkyl halides is 1. The molecule has 0 bridgehead atoms. The first-order chi connectivity index (χ1) is 8.77. The van der Waals surface area contributed by atoms with E-state index in [1.807, 2.05) is 24.0 Å². The van der Waals surface area contributed by atoms with Crippen molar-refractivity contribution in [2.45, 2.75) is 32.2 Å². The molecule has 0 spiro atoms. The summed E-state index contributed by atoms with van der Waals surface area (Å²) in [4.78, 5) is 9.04. The molecule has 2 aromatic rings. The molecule has 0 aliphatic carbocycles. The molecule has 0 radical (unpaired) electrons. The van der Waals surface area contributed by atoms with E-state index in [1.165, 1.54) is 12.2 Å². The summed E-state index contributed by atoms with van der Waals surface area (Å²) in [5.74, 6) is 2.57. The molecule has 0 atom stereocenters. The van der Waals surface area contributed by atoms with Crippen LogP contribution in [0.25, 0.3) is 11.2 Å². The van der Waals surface area contributed by atoms with Crippen molar-refractivity contribution in [2.24, 2.45) is 0 Å². The van der Waals surface area contributed by atoms with Crippen LogP contribution in [0.4, 0.5) is 0 Å². The van der Waals surface area contributed by atoms with E-state index in [1.54, 1.807) is 0 Å². The molecule has 0 saturated carbocycles. The molecule has 0 aromatic carbocycles. The maximum atomic E-state index is 5.98. The average molecular weight is 284 g/mol. The van der Waals surface area contributed by atoms with Crippen LogP contribution in [0, 0.1) is 6.92 Å². The molecule has 0 amide bonds. The van der Waals surface area contributed by atoms with Gasteiger partial charge in [-0.2, -0.15) is 11.8 Å². The fourth-order valence-electron chi connectivity index (χ4n) is 2.04. The van der Waals surface area contributed by atoms with Gasteiger partial charge in [-0.1, -0.05) is 0 Å². The molecule has 0 aliphatic rings. The Bertz CT molecular complexity index is 524. The van der Waals surface area contributed by atoms with Crippen LogP contribution >= 0.6 is 23.4 Å². The van der Waals surface area contributed by atoms with Gasteiger partial charge >= 0.3 is 0 Å². The largest absolute Gasteiger partial charge is 0.312 e. The first-order valence-electron chi connectivity index (χ1n) is 6.13. The van der Waals surface area contributed by atoms with Crippen molar-refractivity contribution < 1.29 is 0 Å². The molecule has 0 saturated heterocycles. The van der Waals surface area contributed by atoms with Gasteiger partial charge < -0.3 is 4.57 Å². The van der Waals surface area contributed by atoms with Crippen LogP contribution in [0.1, 0.15) is 24.2 Å². The lowest BCUT2D eigenvalue weighted by atomic mass is 10.3. The minimum Gasteiger partial charge on any atom is -0.312 e. The fourth-order valence-corrected chi connectivity index (χ4v) is 2.73. The van der Waals surface area contributed by atoms with Gasteiger partial charge in [-0.05, 0) is 43.4 Å². The number of aryl methyl sites for hydroxylation is 2. The molecule has 2 rings (SSSR count). The normalized spacial score (nSPS) is 11.3. The summed E-state index contributed by atoms with van der Waals surface area (Å²) < 4.78 is 2.16. The van der Waals surface area contributed by atoms with Crippen molar-refractivity contribution in [1.29, 1.82) is 0 Å². The number of pyridine rings is 1. The third kappa shape index (κ3) is 2.81. The number of unbranched alkanes of at least 4 members (excludes halogenated alkanes) is 1. The van der Waals surface area contributed by atoms with Crippen LogP contribution in [-0.4, -0.2) is 26.5 Å². The first-order valence-corrected chi connectivity index (χ1v) is 8.06. The zero-order chi connectivity index (χ0) is 13.0. The Labute approximate surface area is 117 Å². The molecule has 5 heteroatoms. The summed E-state index contributed by atoms with van der Waals surface area (Å²) in [5.41, 5.74) is 3.11. The number of nitrogens with zero attached hydrogens (tertiary/aromatic N) is 3. The second kappa shape index (κ2) is 6.43. The molecule has 0 fully saturated rings. The van der Waals surface area contributed by atoms with Crippen molar-refractivity contribution >= 4 is 34.5 Å². The van der Waals surface area contributed by atoms with Crippen LogP contribution in [0.3, 0.4) is 0 Å². The second-order valence-corrected chi connectivity index (χ2v) is 5.57. The van der Waals surface area contributed by atoms with Gasteiger partial charge in [0, 0.05) is 12.7 Å². The standard InChI is InChI=1S/C13H18ClN3S/c1-10-5-6-15-13-12(10)16-11(9-14)17(13)7-3-4-8-18-2/h5-6H,3-4,7-9H2,1-2H3. The summed E-state index contributed by atoms with van der Waals surface area (Å²) in [7, 11) is 0. The van der Waals surface area contributed by atoms with Crippen LogP contribution < -0.4 is 0 Å². The molecule has 98 valence electrons. The van der Waals surface area contributed by atoms with E-state index >= 15 is 0 Å². The van der Waals surface area contributed by atoms with E-state index in [0.717, 1.165) is 35.5 Å². The number of halogens is 1. The highest BCUT2D eigenvalue weighted by atomic mass is 35.5. The number of hydrogen-bond acceptors (Lipinski definition) is 3. The van der Waals surface area contributed by atoms with E-state index in [2.05, 4.69) is 27.7 Å². The molecule has 18 heavy (non-hydrogen) atoms. The van der Waals surface area contributed by atoms with Gasteiger partial charge in [0.15, 0.2) is 5.65 Å². The molecular formula is C13H18ClN3S. The number of rotatable bonds is 6. The topological polar surface area (TPSA) is 30.7 Å². The Morgan fingerprint density at radius 1 is 1.39 bits per heavy atom. The zero-order valence-electron chi connectivity index (χ0n) is 10.8. The highest BCUT2D eigenvalue weighted by molar-refractivity contribution is 7.98. The van der Waals surface area contributed by atoms with Crippen molar-refractivity contribution in [1.82, 2.24) is 14.5 Å². The van der Waals surface area contributed by atoms with Gasteiger partial charge in [0.25, 0.3) is 0 Å². The summed E-state index contributed by atoms with van der Waals surface area (Å²) in [6.45, 7) is 3.02. The molecule has 3 nitrogen and oxygen atoms in total. The molecular weight excluding hydrogens is 266 g/mol. The van der Waals surface area contributed by atoms with E-state index in [9.17, 15) is 0 Å². The maximum absolute atomic E-state index is 5.98. The lowest BCUT2D eigenvalue weighted by molar-refractivity contribution is 0.627. The lowest BCUT2D eigenvalue weighted by Crippen LogP contribution is -2.03. The molecule has 0 unspecified atom stereocenters. The SMILES string of the molecule is CSCCCCn1c(CCl)nc2c(C)ccnc21. The minimum absolute atomic E-state index is 0.443. The first kappa shape index (κ1) is 13.7. The van der Waals surface area contributed by atoms with Crippen LogP contribution in [-0.2, 0) is 12.4 Å². The predicted octanol–water partition coefficient (Wildman–Crippen LogP) is 3.62. The smallest absolute Gasteiger partial charge is 0.160 e. The van der Waals surface area contributed by atoms with E-state index < -0.39 is 0 Å². The zero-order valence-corrected chi connectivity index (χ0v) is 12.4. The third-order valence-corrected chi connectivity index (χ3v) is 3.95. The minimum atomic E-state index is 0.443. The van der Waals surface area contributed by atoms with Crippen molar-refractivity contribution in [3.63, 3.8) is 0 Å². The Kier molecular flexibility index (Phi) is 4.89.